The normalized spacial score (nSPS) is 11.6. The van der Waals surface area contributed by atoms with Crippen LogP contribution in [-0.4, -0.2) is 60.5 Å². The van der Waals surface area contributed by atoms with Crippen molar-refractivity contribution in [2.75, 3.05) is 44.4 Å². The van der Waals surface area contributed by atoms with Crippen LogP contribution in [0, 0.1) is 0 Å². The summed E-state index contributed by atoms with van der Waals surface area (Å²) in [5, 5.41) is 11.8. The summed E-state index contributed by atoms with van der Waals surface area (Å²) in [7, 11) is 0. The number of anilines is 1. The van der Waals surface area contributed by atoms with Crippen LogP contribution in [0.5, 0.6) is 0 Å². The molecule has 1 rings (SSSR count). The highest BCUT2D eigenvalue weighted by Gasteiger charge is 2.16. The number of rotatable bonds is 10. The molecule has 0 atom stereocenters. The second kappa shape index (κ2) is 9.89. The standard InChI is InChI=1S/C13H23N5O3/c1-3-20-9-7-18(8-10-21-4-2)13-11(12(14)17-19)15-5-6-16-13/h5-6,19H,3-4,7-10H2,1-2H3,(H2,14,17). The maximum absolute atomic E-state index is 8.85. The largest absolute Gasteiger partial charge is 0.409 e. The summed E-state index contributed by atoms with van der Waals surface area (Å²) in [6, 6.07) is 0. The fraction of sp³-hybridized carbons (Fsp3) is 0.615. The van der Waals surface area contributed by atoms with Crippen molar-refractivity contribution in [1.29, 1.82) is 0 Å². The molecule has 0 radical (unpaired) electrons. The lowest BCUT2D eigenvalue weighted by atomic mass is 10.3. The first-order chi connectivity index (χ1) is 10.2. The molecule has 0 aliphatic heterocycles. The van der Waals surface area contributed by atoms with Crippen molar-refractivity contribution in [1.82, 2.24) is 9.97 Å². The van der Waals surface area contributed by atoms with Crippen LogP contribution >= 0.6 is 0 Å². The molecule has 0 bridgehead atoms. The van der Waals surface area contributed by atoms with Crippen LogP contribution in [0.25, 0.3) is 0 Å². The molecular weight excluding hydrogens is 274 g/mol. The molecular formula is C13H23N5O3. The molecule has 21 heavy (non-hydrogen) atoms. The SMILES string of the molecule is CCOCCN(CCOCC)c1nccnc1C(N)=NO. The number of amidine groups is 1. The third-order valence-corrected chi connectivity index (χ3v) is 2.75. The van der Waals surface area contributed by atoms with E-state index in [4.69, 9.17) is 20.4 Å². The van der Waals surface area contributed by atoms with Crippen LogP contribution in [-0.2, 0) is 9.47 Å². The lowest BCUT2D eigenvalue weighted by Gasteiger charge is -2.24. The number of aromatic nitrogens is 2. The Bertz CT molecular complexity index is 432. The molecule has 0 aliphatic carbocycles. The topological polar surface area (TPSA) is 106 Å². The fourth-order valence-electron chi connectivity index (χ4n) is 1.75. The van der Waals surface area contributed by atoms with Gasteiger partial charge in [-0.15, -0.1) is 0 Å². The van der Waals surface area contributed by atoms with E-state index in [1.54, 1.807) is 6.20 Å². The summed E-state index contributed by atoms with van der Waals surface area (Å²) in [4.78, 5) is 10.4. The maximum Gasteiger partial charge on any atom is 0.192 e. The minimum absolute atomic E-state index is 0.0732. The summed E-state index contributed by atoms with van der Waals surface area (Å²) in [6.45, 7) is 7.50. The Hall–Kier alpha value is -1.93. The van der Waals surface area contributed by atoms with E-state index in [9.17, 15) is 0 Å². The van der Waals surface area contributed by atoms with Crippen molar-refractivity contribution < 1.29 is 14.7 Å². The van der Waals surface area contributed by atoms with Gasteiger partial charge in [0.2, 0.25) is 0 Å². The van der Waals surface area contributed by atoms with Gasteiger partial charge in [-0.05, 0) is 13.8 Å². The predicted octanol–water partition coefficient (Wildman–Crippen LogP) is 0.451. The summed E-state index contributed by atoms with van der Waals surface area (Å²) in [6.07, 6.45) is 3.07. The van der Waals surface area contributed by atoms with Gasteiger partial charge in [0, 0.05) is 38.7 Å². The Kier molecular flexibility index (Phi) is 8.07. The summed E-state index contributed by atoms with van der Waals surface area (Å²) in [5.74, 6) is 0.475. The van der Waals surface area contributed by atoms with Gasteiger partial charge in [-0.1, -0.05) is 5.16 Å². The third-order valence-electron chi connectivity index (χ3n) is 2.75. The van der Waals surface area contributed by atoms with Crippen molar-refractivity contribution in [3.8, 4) is 0 Å². The molecule has 0 spiro atoms. The zero-order valence-corrected chi connectivity index (χ0v) is 12.5. The Morgan fingerprint density at radius 3 is 2.29 bits per heavy atom. The lowest BCUT2D eigenvalue weighted by molar-refractivity contribution is 0.141. The van der Waals surface area contributed by atoms with Crippen LogP contribution in [0.4, 0.5) is 5.82 Å². The molecule has 0 amide bonds. The molecule has 0 saturated heterocycles. The first-order valence-corrected chi connectivity index (χ1v) is 6.93. The molecule has 118 valence electrons. The van der Waals surface area contributed by atoms with Crippen LogP contribution in [0.3, 0.4) is 0 Å². The number of hydrogen-bond acceptors (Lipinski definition) is 7. The van der Waals surface area contributed by atoms with Crippen molar-refractivity contribution >= 4 is 11.7 Å². The van der Waals surface area contributed by atoms with Crippen LogP contribution < -0.4 is 10.6 Å². The first-order valence-electron chi connectivity index (χ1n) is 6.93. The van der Waals surface area contributed by atoms with E-state index < -0.39 is 0 Å². The molecule has 1 heterocycles. The van der Waals surface area contributed by atoms with Gasteiger partial charge in [0.1, 0.15) is 0 Å². The molecule has 8 nitrogen and oxygen atoms in total. The number of ether oxygens (including phenoxy) is 2. The van der Waals surface area contributed by atoms with E-state index in [-0.39, 0.29) is 5.84 Å². The van der Waals surface area contributed by atoms with E-state index in [1.807, 2.05) is 18.7 Å². The van der Waals surface area contributed by atoms with Crippen molar-refractivity contribution in [3.05, 3.63) is 18.1 Å². The molecule has 0 unspecified atom stereocenters. The molecule has 3 N–H and O–H groups in total. The van der Waals surface area contributed by atoms with Gasteiger partial charge >= 0.3 is 0 Å². The highest BCUT2D eigenvalue weighted by molar-refractivity contribution is 5.99. The molecule has 0 saturated carbocycles. The third kappa shape index (κ3) is 5.52. The van der Waals surface area contributed by atoms with Crippen molar-refractivity contribution in [2.45, 2.75) is 13.8 Å². The zero-order chi connectivity index (χ0) is 15.5. The van der Waals surface area contributed by atoms with E-state index in [0.717, 1.165) is 0 Å². The minimum atomic E-state index is -0.0732. The quantitative estimate of drug-likeness (QED) is 0.212. The molecule has 0 aromatic carbocycles. The van der Waals surface area contributed by atoms with E-state index in [1.165, 1.54) is 6.20 Å². The Labute approximate surface area is 124 Å². The highest BCUT2D eigenvalue weighted by atomic mass is 16.5. The van der Waals surface area contributed by atoms with Crippen molar-refractivity contribution in [3.63, 3.8) is 0 Å². The monoisotopic (exact) mass is 297 g/mol. The molecule has 8 heteroatoms. The van der Waals surface area contributed by atoms with Gasteiger partial charge in [0.25, 0.3) is 0 Å². The predicted molar refractivity (Wildman–Crippen MR) is 79.7 cm³/mol. The lowest BCUT2D eigenvalue weighted by Crippen LogP contribution is -2.34. The average molecular weight is 297 g/mol. The van der Waals surface area contributed by atoms with Gasteiger partial charge in [0.15, 0.2) is 17.3 Å². The van der Waals surface area contributed by atoms with Gasteiger partial charge in [-0.3, -0.25) is 0 Å². The Morgan fingerprint density at radius 2 is 1.76 bits per heavy atom. The van der Waals surface area contributed by atoms with Gasteiger partial charge < -0.3 is 25.3 Å². The van der Waals surface area contributed by atoms with Crippen LogP contribution in [0.1, 0.15) is 19.5 Å². The summed E-state index contributed by atoms with van der Waals surface area (Å²) < 4.78 is 10.8. The van der Waals surface area contributed by atoms with Gasteiger partial charge in [-0.2, -0.15) is 0 Å². The minimum Gasteiger partial charge on any atom is -0.409 e. The van der Waals surface area contributed by atoms with Crippen LogP contribution in [0.2, 0.25) is 0 Å². The Balaban J connectivity index is 2.89. The van der Waals surface area contributed by atoms with Crippen molar-refractivity contribution in [2.24, 2.45) is 10.9 Å². The number of nitrogens with two attached hydrogens (primary N) is 1. The van der Waals surface area contributed by atoms with E-state index >= 15 is 0 Å². The van der Waals surface area contributed by atoms with E-state index in [2.05, 4.69) is 15.1 Å². The second-order valence-corrected chi connectivity index (χ2v) is 4.09. The second-order valence-electron chi connectivity index (χ2n) is 4.09. The molecule has 0 aliphatic rings. The highest BCUT2D eigenvalue weighted by Crippen LogP contribution is 2.14. The molecule has 0 fully saturated rings. The number of hydrogen-bond donors (Lipinski definition) is 2. The molecule has 1 aromatic rings. The number of nitrogens with zero attached hydrogens (tertiary/aromatic N) is 4. The summed E-state index contributed by atoms with van der Waals surface area (Å²) in [5.41, 5.74) is 5.99. The smallest absolute Gasteiger partial charge is 0.192 e. The maximum atomic E-state index is 8.85. The molecule has 1 aromatic heterocycles. The van der Waals surface area contributed by atoms with E-state index in [0.29, 0.717) is 51.0 Å². The average Bonchev–Trinajstić information content (AvgIpc) is 2.53. The Morgan fingerprint density at radius 1 is 1.19 bits per heavy atom. The zero-order valence-electron chi connectivity index (χ0n) is 12.5. The fourth-order valence-corrected chi connectivity index (χ4v) is 1.75. The van der Waals surface area contributed by atoms with Crippen LogP contribution in [0.15, 0.2) is 17.5 Å². The summed E-state index contributed by atoms with van der Waals surface area (Å²) >= 11 is 0. The van der Waals surface area contributed by atoms with Gasteiger partial charge in [0.05, 0.1) is 13.2 Å². The van der Waals surface area contributed by atoms with Gasteiger partial charge in [-0.25, -0.2) is 9.97 Å². The first kappa shape index (κ1) is 17.1. The number of oxime groups is 1.